The van der Waals surface area contributed by atoms with Gasteiger partial charge in [0.15, 0.2) is 0 Å². The number of nitrogens with zero attached hydrogens (tertiary/aromatic N) is 2. The average Bonchev–Trinajstić information content (AvgIpc) is 2.72. The van der Waals surface area contributed by atoms with Gasteiger partial charge in [-0.1, -0.05) is 39.5 Å². The maximum absolute atomic E-state index is 12.3. The molecule has 10 heteroatoms. The lowest BCUT2D eigenvalue weighted by atomic mass is 10.0. The van der Waals surface area contributed by atoms with Crippen LogP contribution in [0.2, 0.25) is 0 Å². The Morgan fingerprint density at radius 1 is 0.933 bits per heavy atom. The summed E-state index contributed by atoms with van der Waals surface area (Å²) in [5.74, 6) is -1.26. The molecule has 172 valence electrons. The lowest BCUT2D eigenvalue weighted by Gasteiger charge is -2.18. The van der Waals surface area contributed by atoms with Crippen molar-refractivity contribution in [3.63, 3.8) is 0 Å². The molecule has 0 spiro atoms. The highest BCUT2D eigenvalue weighted by molar-refractivity contribution is 5.87. The van der Waals surface area contributed by atoms with E-state index in [0.29, 0.717) is 45.2 Å². The molecule has 30 heavy (non-hydrogen) atoms. The lowest BCUT2D eigenvalue weighted by Crippen LogP contribution is -2.46. The molecule has 0 radical (unpaired) electrons. The Hall–Kier alpha value is -2.39. The molecule has 0 bridgehead atoms. The van der Waals surface area contributed by atoms with E-state index in [9.17, 15) is 14.4 Å². The van der Waals surface area contributed by atoms with Crippen LogP contribution in [0.25, 0.3) is 0 Å². The predicted octanol–water partition coefficient (Wildman–Crippen LogP) is 3.06. The Kier molecular flexibility index (Phi) is 16.1. The van der Waals surface area contributed by atoms with Gasteiger partial charge in [0.05, 0.1) is 6.54 Å². The number of nitrogens with two attached hydrogens (primary N) is 1. The summed E-state index contributed by atoms with van der Waals surface area (Å²) in [6.07, 6.45) is 7.39. The fourth-order valence-electron chi connectivity index (χ4n) is 3.02. The molecule has 0 aliphatic rings. The normalized spacial score (nSPS) is 13.7. The fraction of sp³-hybridized carbons (Fsp3) is 0.850. The zero-order valence-electron chi connectivity index (χ0n) is 18.4. The standard InChI is InChI=1S/C20H39N7O3/c1-3-4-5-12-17(27-23)20(30)24-13-8-7-11-16(18(21)28)26-19(29)15(2)10-6-9-14-25-22/h15-17,22-23H,3-14H2,1-2H3,(H2,21,28)(H,24,30)(H,26,29). The van der Waals surface area contributed by atoms with E-state index in [4.69, 9.17) is 16.8 Å². The third-order valence-corrected chi connectivity index (χ3v) is 5.02. The topological polar surface area (TPSA) is 174 Å². The van der Waals surface area contributed by atoms with Crippen molar-refractivity contribution in [1.29, 1.82) is 11.1 Å². The number of amides is 3. The molecule has 6 N–H and O–H groups in total. The van der Waals surface area contributed by atoms with Crippen molar-refractivity contribution in [2.24, 2.45) is 21.9 Å². The highest BCUT2D eigenvalue weighted by Gasteiger charge is 2.21. The van der Waals surface area contributed by atoms with Crippen molar-refractivity contribution < 1.29 is 14.4 Å². The first-order valence-corrected chi connectivity index (χ1v) is 10.9. The van der Waals surface area contributed by atoms with Crippen LogP contribution < -0.4 is 16.4 Å². The second-order valence-electron chi connectivity index (χ2n) is 7.67. The minimum atomic E-state index is -0.732. The molecule has 0 saturated carbocycles. The van der Waals surface area contributed by atoms with Gasteiger partial charge in [-0.25, -0.2) is 11.1 Å². The third-order valence-electron chi connectivity index (χ3n) is 5.02. The second kappa shape index (κ2) is 17.5. The van der Waals surface area contributed by atoms with Gasteiger partial charge in [0, 0.05) is 12.5 Å². The maximum atomic E-state index is 12.3. The number of carbonyl (C=O) groups is 3. The monoisotopic (exact) mass is 425 g/mol. The third kappa shape index (κ3) is 12.9. The van der Waals surface area contributed by atoms with Gasteiger partial charge in [0.25, 0.3) is 0 Å². The van der Waals surface area contributed by atoms with Crippen LogP contribution in [0.5, 0.6) is 0 Å². The van der Waals surface area contributed by atoms with Crippen LogP contribution in [0.1, 0.15) is 78.1 Å². The van der Waals surface area contributed by atoms with E-state index >= 15 is 0 Å². The molecule has 0 aromatic heterocycles. The van der Waals surface area contributed by atoms with Gasteiger partial charge in [-0.05, 0) is 38.5 Å². The summed E-state index contributed by atoms with van der Waals surface area (Å²) >= 11 is 0. The average molecular weight is 426 g/mol. The number of hydrogen-bond acceptors (Lipinski definition) is 7. The number of rotatable bonds is 19. The molecule has 0 aliphatic heterocycles. The van der Waals surface area contributed by atoms with Crippen molar-refractivity contribution in [3.05, 3.63) is 0 Å². The largest absolute Gasteiger partial charge is 0.368 e. The number of nitrogens with one attached hydrogen (secondary N) is 4. The van der Waals surface area contributed by atoms with Crippen LogP contribution in [0.15, 0.2) is 10.2 Å². The molecule has 0 heterocycles. The molecule has 0 fully saturated rings. The molecule has 3 unspecified atom stereocenters. The molecule has 10 nitrogen and oxygen atoms in total. The van der Waals surface area contributed by atoms with E-state index in [0.717, 1.165) is 32.1 Å². The van der Waals surface area contributed by atoms with E-state index in [-0.39, 0.29) is 17.7 Å². The van der Waals surface area contributed by atoms with Crippen LogP contribution in [-0.4, -0.2) is 42.9 Å². The first kappa shape index (κ1) is 27.6. The van der Waals surface area contributed by atoms with E-state index < -0.39 is 18.0 Å². The molecular weight excluding hydrogens is 386 g/mol. The predicted molar refractivity (Wildman–Crippen MR) is 114 cm³/mol. The van der Waals surface area contributed by atoms with E-state index in [1.807, 2.05) is 0 Å². The molecule has 0 rings (SSSR count). The summed E-state index contributed by atoms with van der Waals surface area (Å²) in [6, 6.07) is -1.37. The van der Waals surface area contributed by atoms with Crippen molar-refractivity contribution in [3.8, 4) is 0 Å². The van der Waals surface area contributed by atoms with Gasteiger partial charge in [-0.2, -0.15) is 10.2 Å². The Labute approximate surface area is 179 Å². The highest BCUT2D eigenvalue weighted by Crippen LogP contribution is 2.10. The number of carbonyl (C=O) groups excluding carboxylic acids is 3. The fourth-order valence-corrected chi connectivity index (χ4v) is 3.02. The summed E-state index contributed by atoms with van der Waals surface area (Å²) in [6.45, 7) is 4.77. The van der Waals surface area contributed by atoms with Crippen LogP contribution in [0, 0.1) is 17.0 Å². The number of unbranched alkanes of at least 4 members (excludes halogenated alkanes) is 4. The molecule has 3 atom stereocenters. The summed E-state index contributed by atoms with van der Waals surface area (Å²) in [5, 5.41) is 12.2. The second-order valence-corrected chi connectivity index (χ2v) is 7.67. The Balaban J connectivity index is 4.19. The summed E-state index contributed by atoms with van der Waals surface area (Å²) in [7, 11) is 0. The van der Waals surface area contributed by atoms with Gasteiger partial charge in [0.1, 0.15) is 12.1 Å². The molecule has 3 amide bonds. The van der Waals surface area contributed by atoms with Crippen LogP contribution >= 0.6 is 0 Å². The van der Waals surface area contributed by atoms with Gasteiger partial charge < -0.3 is 16.4 Å². The Morgan fingerprint density at radius 2 is 1.60 bits per heavy atom. The lowest BCUT2D eigenvalue weighted by molar-refractivity contribution is -0.129. The van der Waals surface area contributed by atoms with Crippen molar-refractivity contribution in [1.82, 2.24) is 10.6 Å². The molecule has 0 saturated heterocycles. The Morgan fingerprint density at radius 3 is 2.20 bits per heavy atom. The van der Waals surface area contributed by atoms with E-state index in [2.05, 4.69) is 27.8 Å². The number of primary amides is 1. The summed E-state index contributed by atoms with van der Waals surface area (Å²) in [5.41, 5.74) is 19.3. The zero-order valence-corrected chi connectivity index (χ0v) is 18.4. The van der Waals surface area contributed by atoms with Gasteiger partial charge >= 0.3 is 0 Å². The van der Waals surface area contributed by atoms with Crippen LogP contribution in [-0.2, 0) is 14.4 Å². The molecule has 0 aliphatic carbocycles. The zero-order chi connectivity index (χ0) is 22.8. The van der Waals surface area contributed by atoms with Crippen molar-refractivity contribution in [2.45, 2.75) is 90.1 Å². The van der Waals surface area contributed by atoms with Gasteiger partial charge in [-0.15, -0.1) is 0 Å². The first-order valence-electron chi connectivity index (χ1n) is 10.9. The quantitative estimate of drug-likeness (QED) is 0.158. The van der Waals surface area contributed by atoms with Crippen molar-refractivity contribution >= 4 is 17.7 Å². The van der Waals surface area contributed by atoms with Gasteiger partial charge in [-0.3, -0.25) is 14.4 Å². The van der Waals surface area contributed by atoms with Crippen LogP contribution in [0.4, 0.5) is 0 Å². The van der Waals surface area contributed by atoms with E-state index in [1.54, 1.807) is 6.92 Å². The van der Waals surface area contributed by atoms with Crippen LogP contribution in [0.3, 0.4) is 0 Å². The van der Waals surface area contributed by atoms with Crippen molar-refractivity contribution in [2.75, 3.05) is 13.1 Å². The minimum Gasteiger partial charge on any atom is -0.368 e. The highest BCUT2D eigenvalue weighted by atomic mass is 16.2. The van der Waals surface area contributed by atoms with Gasteiger partial charge in [0.2, 0.25) is 17.7 Å². The smallest absolute Gasteiger partial charge is 0.246 e. The minimum absolute atomic E-state index is 0.207. The molecule has 0 aromatic rings. The first-order chi connectivity index (χ1) is 14.4. The number of hydrogen-bond donors (Lipinski definition) is 5. The summed E-state index contributed by atoms with van der Waals surface area (Å²) < 4.78 is 0. The molecular formula is C20H39N7O3. The van der Waals surface area contributed by atoms with E-state index in [1.165, 1.54) is 0 Å². The SMILES string of the molecule is CCCCCC(N=N)C(=O)NCCCCC(NC(=O)C(C)CCCCN=N)C(N)=O. The summed E-state index contributed by atoms with van der Waals surface area (Å²) in [4.78, 5) is 36.0. The maximum Gasteiger partial charge on any atom is 0.246 e. The molecule has 0 aromatic carbocycles. The Bertz CT molecular complexity index is 542.